The molecule has 0 fully saturated rings. The molecule has 0 saturated heterocycles. The molecule has 0 aliphatic rings. The molecule has 1 aromatic rings. The maximum Gasteiger partial charge on any atom is 0.254 e. The summed E-state index contributed by atoms with van der Waals surface area (Å²) < 4.78 is 0.647. The Morgan fingerprint density at radius 3 is 2.83 bits per heavy atom. The van der Waals surface area contributed by atoms with Gasteiger partial charge in [0, 0.05) is 24.3 Å². The number of amides is 2. The number of halogens is 2. The van der Waals surface area contributed by atoms with Crippen molar-refractivity contribution in [1.82, 2.24) is 15.2 Å². The van der Waals surface area contributed by atoms with Crippen LogP contribution in [0.5, 0.6) is 0 Å². The normalized spacial score (nSPS) is 10.0. The summed E-state index contributed by atoms with van der Waals surface area (Å²) in [7, 11) is 1.67. The number of aromatic nitrogens is 1. The van der Waals surface area contributed by atoms with Gasteiger partial charge in [-0.2, -0.15) is 0 Å². The number of hydrogen-bond donors (Lipinski definition) is 1. The summed E-state index contributed by atoms with van der Waals surface area (Å²) in [6, 6.07) is 1.55. The van der Waals surface area contributed by atoms with Crippen LogP contribution in [0.15, 0.2) is 16.7 Å². The summed E-state index contributed by atoms with van der Waals surface area (Å²) in [5.41, 5.74) is 0.234. The Morgan fingerprint density at radius 2 is 2.22 bits per heavy atom. The third-order valence-electron chi connectivity index (χ3n) is 2.35. The Balaban J connectivity index is 2.66. The Morgan fingerprint density at radius 1 is 1.56 bits per heavy atom. The van der Waals surface area contributed by atoms with Crippen LogP contribution in [0, 0.1) is 0 Å². The molecule has 0 bridgehead atoms. The summed E-state index contributed by atoms with van der Waals surface area (Å²) >= 11 is 9.01. The van der Waals surface area contributed by atoms with Crippen molar-refractivity contribution < 1.29 is 9.59 Å². The second-order valence-electron chi connectivity index (χ2n) is 3.58. The molecule has 2 amide bonds. The molecule has 0 aromatic carbocycles. The van der Waals surface area contributed by atoms with Gasteiger partial charge in [0.2, 0.25) is 5.91 Å². The van der Waals surface area contributed by atoms with E-state index in [1.165, 1.54) is 11.1 Å². The number of rotatable bonds is 4. The Hall–Kier alpha value is -1.14. The van der Waals surface area contributed by atoms with Gasteiger partial charge in [-0.1, -0.05) is 11.6 Å². The Bertz CT molecular complexity index is 468. The fourth-order valence-corrected chi connectivity index (χ4v) is 1.66. The third-order valence-corrected chi connectivity index (χ3v) is 3.09. The lowest BCUT2D eigenvalue weighted by molar-refractivity contribution is -0.128. The lowest BCUT2D eigenvalue weighted by atomic mass is 10.2. The summed E-state index contributed by atoms with van der Waals surface area (Å²) in [5, 5.41) is 2.61. The summed E-state index contributed by atoms with van der Waals surface area (Å²) in [6.07, 6.45) is 1.50. The first kappa shape index (κ1) is 14.9. The maximum atomic E-state index is 11.8. The Kier molecular flexibility index (Phi) is 5.55. The van der Waals surface area contributed by atoms with Crippen LogP contribution >= 0.6 is 27.5 Å². The minimum Gasteiger partial charge on any atom is -0.345 e. The first-order valence-electron chi connectivity index (χ1n) is 5.29. The number of nitrogens with zero attached hydrogens (tertiary/aromatic N) is 2. The van der Waals surface area contributed by atoms with Crippen molar-refractivity contribution in [3.63, 3.8) is 0 Å². The van der Waals surface area contributed by atoms with Crippen molar-refractivity contribution in [1.29, 1.82) is 0 Å². The molecule has 0 saturated carbocycles. The molecule has 1 aromatic heterocycles. The number of carbonyl (C=O) groups excluding carboxylic acids is 2. The Labute approximate surface area is 119 Å². The molecule has 5 nitrogen and oxygen atoms in total. The first-order chi connectivity index (χ1) is 8.45. The van der Waals surface area contributed by atoms with Gasteiger partial charge in [-0.3, -0.25) is 9.59 Å². The minimum atomic E-state index is -0.424. The topological polar surface area (TPSA) is 62.3 Å². The minimum absolute atomic E-state index is 0.0635. The average molecular weight is 335 g/mol. The average Bonchev–Trinajstić information content (AvgIpc) is 2.37. The van der Waals surface area contributed by atoms with E-state index in [4.69, 9.17) is 11.6 Å². The van der Waals surface area contributed by atoms with Crippen molar-refractivity contribution in [2.75, 3.05) is 20.1 Å². The smallest absolute Gasteiger partial charge is 0.254 e. The second kappa shape index (κ2) is 6.70. The molecule has 0 aliphatic heterocycles. The van der Waals surface area contributed by atoms with Crippen molar-refractivity contribution in [3.8, 4) is 0 Å². The quantitative estimate of drug-likeness (QED) is 0.853. The summed E-state index contributed by atoms with van der Waals surface area (Å²) in [4.78, 5) is 28.7. The molecule has 18 heavy (non-hydrogen) atoms. The highest BCUT2D eigenvalue weighted by Gasteiger charge is 2.14. The fraction of sp³-hybridized carbons (Fsp3) is 0.364. The zero-order chi connectivity index (χ0) is 13.7. The number of nitrogens with one attached hydrogen (secondary N) is 1. The van der Waals surface area contributed by atoms with Crippen molar-refractivity contribution in [3.05, 3.63) is 27.5 Å². The molecular weight excluding hydrogens is 321 g/mol. The molecule has 0 atom stereocenters. The maximum absolute atomic E-state index is 11.8. The largest absolute Gasteiger partial charge is 0.345 e. The second-order valence-corrected chi connectivity index (χ2v) is 4.86. The van der Waals surface area contributed by atoms with Gasteiger partial charge in [0.05, 0.1) is 12.1 Å². The van der Waals surface area contributed by atoms with E-state index in [0.717, 1.165) is 0 Å². The van der Waals surface area contributed by atoms with Crippen LogP contribution in [0.4, 0.5) is 0 Å². The lowest BCUT2D eigenvalue weighted by Crippen LogP contribution is -2.38. The summed E-state index contributed by atoms with van der Waals surface area (Å²) in [5.74, 6) is -0.586. The van der Waals surface area contributed by atoms with Crippen molar-refractivity contribution in [2.45, 2.75) is 6.92 Å². The van der Waals surface area contributed by atoms with Gasteiger partial charge in [-0.05, 0) is 28.9 Å². The fourth-order valence-electron chi connectivity index (χ4n) is 1.14. The molecule has 1 rings (SSSR count). The number of pyridine rings is 1. The summed E-state index contributed by atoms with van der Waals surface area (Å²) in [6.45, 7) is 2.38. The molecule has 0 aliphatic carbocycles. The number of hydrogen-bond acceptors (Lipinski definition) is 3. The zero-order valence-corrected chi connectivity index (χ0v) is 12.4. The van der Waals surface area contributed by atoms with Gasteiger partial charge in [-0.15, -0.1) is 0 Å². The van der Waals surface area contributed by atoms with Gasteiger partial charge >= 0.3 is 0 Å². The standard InChI is InChI=1S/C11H13BrClN3O2/c1-3-16(2)9(17)6-15-11(18)8-4-7(12)5-14-10(8)13/h4-5H,3,6H2,1-2H3,(H,15,18). The van der Waals surface area contributed by atoms with Gasteiger partial charge in [0.25, 0.3) is 5.91 Å². The van der Waals surface area contributed by atoms with E-state index in [2.05, 4.69) is 26.2 Å². The van der Waals surface area contributed by atoms with E-state index in [1.54, 1.807) is 13.1 Å². The highest BCUT2D eigenvalue weighted by Crippen LogP contribution is 2.17. The highest BCUT2D eigenvalue weighted by atomic mass is 79.9. The molecule has 7 heteroatoms. The van der Waals surface area contributed by atoms with Gasteiger partial charge in [-0.25, -0.2) is 4.98 Å². The van der Waals surface area contributed by atoms with Crippen LogP contribution in [0.2, 0.25) is 5.15 Å². The van der Waals surface area contributed by atoms with E-state index >= 15 is 0 Å². The van der Waals surface area contributed by atoms with Crippen LogP contribution in [0.1, 0.15) is 17.3 Å². The molecule has 0 radical (unpaired) electrons. The molecule has 1 N–H and O–H groups in total. The predicted molar refractivity (Wildman–Crippen MR) is 72.6 cm³/mol. The van der Waals surface area contributed by atoms with Crippen LogP contribution in [0.25, 0.3) is 0 Å². The van der Waals surface area contributed by atoms with Crippen LogP contribution in [-0.2, 0) is 4.79 Å². The molecule has 98 valence electrons. The van der Waals surface area contributed by atoms with Gasteiger partial charge < -0.3 is 10.2 Å². The monoisotopic (exact) mass is 333 g/mol. The van der Waals surface area contributed by atoms with E-state index in [9.17, 15) is 9.59 Å². The number of carbonyl (C=O) groups is 2. The molecule has 0 spiro atoms. The predicted octanol–water partition coefficient (Wildman–Crippen LogP) is 1.71. The number of likely N-dealkylation sites (N-methyl/N-ethyl adjacent to an activating group) is 1. The zero-order valence-electron chi connectivity index (χ0n) is 10.0. The van der Waals surface area contributed by atoms with Crippen LogP contribution in [-0.4, -0.2) is 41.8 Å². The van der Waals surface area contributed by atoms with Crippen molar-refractivity contribution in [2.24, 2.45) is 0 Å². The lowest BCUT2D eigenvalue weighted by Gasteiger charge is -2.14. The van der Waals surface area contributed by atoms with Crippen LogP contribution < -0.4 is 5.32 Å². The van der Waals surface area contributed by atoms with E-state index in [1.807, 2.05) is 6.92 Å². The van der Waals surface area contributed by atoms with E-state index in [-0.39, 0.29) is 23.2 Å². The van der Waals surface area contributed by atoms with Crippen molar-refractivity contribution >= 4 is 39.3 Å². The highest BCUT2D eigenvalue weighted by molar-refractivity contribution is 9.10. The third kappa shape index (κ3) is 3.96. The molecular formula is C11H13BrClN3O2. The van der Waals surface area contributed by atoms with Gasteiger partial charge in [0.1, 0.15) is 5.15 Å². The van der Waals surface area contributed by atoms with Gasteiger partial charge in [0.15, 0.2) is 0 Å². The van der Waals surface area contributed by atoms with E-state index < -0.39 is 5.91 Å². The van der Waals surface area contributed by atoms with Crippen LogP contribution in [0.3, 0.4) is 0 Å². The first-order valence-corrected chi connectivity index (χ1v) is 6.46. The molecule has 0 unspecified atom stereocenters. The SMILES string of the molecule is CCN(C)C(=O)CNC(=O)c1cc(Br)cnc1Cl. The van der Waals surface area contributed by atoms with E-state index in [0.29, 0.717) is 11.0 Å². The molecule has 1 heterocycles.